The summed E-state index contributed by atoms with van der Waals surface area (Å²) in [5.41, 5.74) is 18.2. The summed E-state index contributed by atoms with van der Waals surface area (Å²) in [4.78, 5) is 2.37. The van der Waals surface area contributed by atoms with Crippen molar-refractivity contribution in [3.8, 4) is 50.2 Å². The minimum Gasteiger partial charge on any atom is -0.312 e. The minimum absolute atomic E-state index is 0.162. The van der Waals surface area contributed by atoms with Gasteiger partial charge in [0.25, 0.3) is 0 Å². The number of hydrogen-bond donors (Lipinski definition) is 0. The Labute approximate surface area is 323 Å². The van der Waals surface area contributed by atoms with E-state index < -0.39 is 0 Å². The molecule has 0 aliphatic heterocycles. The summed E-state index contributed by atoms with van der Waals surface area (Å²) < 4.78 is 2.48. The molecule has 0 amide bonds. The van der Waals surface area contributed by atoms with E-state index in [9.17, 15) is 0 Å². The first-order valence-corrected chi connectivity index (χ1v) is 19.1. The van der Waals surface area contributed by atoms with Gasteiger partial charge in [-0.05, 0) is 105 Å². The molecule has 0 N–H and O–H groups in total. The lowest BCUT2D eigenvalue weighted by molar-refractivity contribution is 0.624. The quantitative estimate of drug-likeness (QED) is 0.160. The van der Waals surface area contributed by atoms with Crippen LogP contribution in [0.2, 0.25) is 0 Å². The summed E-state index contributed by atoms with van der Waals surface area (Å²) in [6, 6.07) is 74.8. The Kier molecular flexibility index (Phi) is 7.85. The zero-order valence-corrected chi connectivity index (χ0v) is 31.0. The van der Waals surface area contributed by atoms with Gasteiger partial charge in [0, 0.05) is 44.8 Å². The van der Waals surface area contributed by atoms with E-state index in [-0.39, 0.29) is 5.41 Å². The molecule has 10 rings (SSSR count). The molecule has 0 atom stereocenters. The summed E-state index contributed by atoms with van der Waals surface area (Å²) in [6.45, 7) is 4.75. The molecular formula is C53H40N2. The van der Waals surface area contributed by atoms with Crippen LogP contribution in [0.25, 0.3) is 61.1 Å². The van der Waals surface area contributed by atoms with E-state index in [1.165, 1.54) is 72.4 Å². The fourth-order valence-corrected chi connectivity index (χ4v) is 8.71. The highest BCUT2D eigenvalue weighted by molar-refractivity contribution is 6.04. The summed E-state index contributed by atoms with van der Waals surface area (Å²) in [5, 5.41) is 1.30. The number of hydrogen-bond acceptors (Lipinski definition) is 1. The zero-order valence-electron chi connectivity index (χ0n) is 31.0. The van der Waals surface area contributed by atoms with E-state index >= 15 is 0 Å². The van der Waals surface area contributed by atoms with Crippen molar-refractivity contribution in [1.29, 1.82) is 0 Å². The molecule has 1 aromatic heterocycles. The van der Waals surface area contributed by atoms with Crippen LogP contribution in [0.3, 0.4) is 0 Å². The second-order valence-electron chi connectivity index (χ2n) is 15.0. The van der Waals surface area contributed by atoms with Crippen LogP contribution in [0.15, 0.2) is 206 Å². The molecule has 0 saturated carbocycles. The largest absolute Gasteiger partial charge is 0.312 e. The maximum Gasteiger partial charge on any atom is 0.0538 e. The first-order valence-electron chi connectivity index (χ1n) is 19.1. The summed E-state index contributed by atoms with van der Waals surface area (Å²) in [7, 11) is 0. The molecular weight excluding hydrogens is 665 g/mol. The molecule has 9 aromatic rings. The molecule has 0 radical (unpaired) electrons. The van der Waals surface area contributed by atoms with Crippen molar-refractivity contribution in [3.63, 3.8) is 0 Å². The highest BCUT2D eigenvalue weighted by Gasteiger charge is 2.41. The fraction of sp³-hybridized carbons (Fsp3) is 0.0566. The molecule has 1 aliphatic carbocycles. The molecule has 0 spiro atoms. The monoisotopic (exact) mass is 704 g/mol. The van der Waals surface area contributed by atoms with Crippen molar-refractivity contribution < 1.29 is 0 Å². The first-order chi connectivity index (χ1) is 27.0. The van der Waals surface area contributed by atoms with Crippen LogP contribution < -0.4 is 4.90 Å². The lowest BCUT2D eigenvalue weighted by atomic mass is 9.84. The molecule has 2 heteroatoms. The SMILES string of the molecule is CC1(C)c2ccc(-c3ccc(N(c4cccc(-c5ccccc5)c4)c4cccc(-c5ccccc5)c4)cc3)cc2-c2c1n(-c1ccccc1)c1ccccc21. The lowest BCUT2D eigenvalue weighted by Crippen LogP contribution is -2.19. The van der Waals surface area contributed by atoms with Crippen molar-refractivity contribution in [2.24, 2.45) is 0 Å². The number of anilines is 3. The van der Waals surface area contributed by atoms with Gasteiger partial charge in [-0.3, -0.25) is 0 Å². The molecule has 1 aliphatic rings. The average Bonchev–Trinajstić information content (AvgIpc) is 3.72. The third-order valence-electron chi connectivity index (χ3n) is 11.3. The molecule has 0 bridgehead atoms. The van der Waals surface area contributed by atoms with E-state index in [0.717, 1.165) is 17.1 Å². The van der Waals surface area contributed by atoms with Crippen molar-refractivity contribution in [2.45, 2.75) is 19.3 Å². The van der Waals surface area contributed by atoms with Crippen LogP contribution in [0.4, 0.5) is 17.1 Å². The van der Waals surface area contributed by atoms with E-state index in [2.05, 4.69) is 230 Å². The molecule has 8 aromatic carbocycles. The summed E-state index contributed by atoms with van der Waals surface area (Å²) in [5.74, 6) is 0. The molecule has 2 nitrogen and oxygen atoms in total. The van der Waals surface area contributed by atoms with E-state index in [1.807, 2.05) is 0 Å². The van der Waals surface area contributed by atoms with Crippen LogP contribution in [-0.2, 0) is 5.41 Å². The number of nitrogens with zero attached hydrogens (tertiary/aromatic N) is 2. The number of benzene rings is 8. The Morgan fingerprint density at radius 2 is 0.891 bits per heavy atom. The van der Waals surface area contributed by atoms with E-state index in [1.54, 1.807) is 0 Å². The van der Waals surface area contributed by atoms with Crippen LogP contribution >= 0.6 is 0 Å². The molecule has 0 saturated heterocycles. The highest BCUT2D eigenvalue weighted by Crippen LogP contribution is 2.54. The van der Waals surface area contributed by atoms with Gasteiger partial charge in [0.05, 0.1) is 5.52 Å². The van der Waals surface area contributed by atoms with Gasteiger partial charge in [-0.25, -0.2) is 0 Å². The zero-order chi connectivity index (χ0) is 36.9. The normalized spacial score (nSPS) is 12.7. The molecule has 0 unspecified atom stereocenters. The van der Waals surface area contributed by atoms with Gasteiger partial charge in [-0.15, -0.1) is 0 Å². The predicted octanol–water partition coefficient (Wildman–Crippen LogP) is 14.4. The van der Waals surface area contributed by atoms with Gasteiger partial charge in [0.15, 0.2) is 0 Å². The van der Waals surface area contributed by atoms with Gasteiger partial charge >= 0.3 is 0 Å². The number of fused-ring (bicyclic) bond motifs is 5. The Balaban J connectivity index is 1.08. The average molecular weight is 705 g/mol. The molecule has 0 fully saturated rings. The van der Waals surface area contributed by atoms with E-state index in [0.29, 0.717) is 0 Å². The van der Waals surface area contributed by atoms with Crippen LogP contribution in [-0.4, -0.2) is 4.57 Å². The van der Waals surface area contributed by atoms with Crippen molar-refractivity contribution in [3.05, 3.63) is 218 Å². The number of para-hydroxylation sites is 2. The van der Waals surface area contributed by atoms with E-state index in [4.69, 9.17) is 0 Å². The minimum atomic E-state index is -0.162. The summed E-state index contributed by atoms with van der Waals surface area (Å²) in [6.07, 6.45) is 0. The van der Waals surface area contributed by atoms with Crippen molar-refractivity contribution in [1.82, 2.24) is 4.57 Å². The smallest absolute Gasteiger partial charge is 0.0538 e. The lowest BCUT2D eigenvalue weighted by Gasteiger charge is -2.27. The molecule has 262 valence electrons. The second kappa shape index (κ2) is 13.2. The maximum absolute atomic E-state index is 2.48. The summed E-state index contributed by atoms with van der Waals surface area (Å²) >= 11 is 0. The third-order valence-corrected chi connectivity index (χ3v) is 11.3. The first kappa shape index (κ1) is 32.7. The topological polar surface area (TPSA) is 8.17 Å². The van der Waals surface area contributed by atoms with Gasteiger partial charge in [0.1, 0.15) is 0 Å². The Hall–Kier alpha value is -6.90. The highest BCUT2D eigenvalue weighted by atomic mass is 15.1. The maximum atomic E-state index is 2.48. The van der Waals surface area contributed by atoms with Crippen LogP contribution in [0, 0.1) is 0 Å². The predicted molar refractivity (Wildman–Crippen MR) is 232 cm³/mol. The third kappa shape index (κ3) is 5.57. The van der Waals surface area contributed by atoms with Gasteiger partial charge in [-0.2, -0.15) is 0 Å². The van der Waals surface area contributed by atoms with Gasteiger partial charge in [0.2, 0.25) is 0 Å². The fourth-order valence-electron chi connectivity index (χ4n) is 8.71. The van der Waals surface area contributed by atoms with Gasteiger partial charge in [-0.1, -0.05) is 159 Å². The molecule has 55 heavy (non-hydrogen) atoms. The van der Waals surface area contributed by atoms with Crippen molar-refractivity contribution >= 4 is 28.0 Å². The standard InChI is InChI=1S/C53H40N2/c1-53(2)49-33-30-42(36-48(49)51-47-26-12-13-27-50(47)55(52(51)53)43-22-10-5-11-23-43)39-28-31-44(32-29-39)54(45-24-14-20-40(34-45)37-16-6-3-7-17-37)46-25-15-21-41(35-46)38-18-8-4-9-19-38/h3-36H,1-2H3. The Bertz CT molecular complexity index is 2730. The van der Waals surface area contributed by atoms with Gasteiger partial charge < -0.3 is 9.47 Å². The van der Waals surface area contributed by atoms with Crippen LogP contribution in [0.1, 0.15) is 25.1 Å². The Morgan fingerprint density at radius 1 is 0.400 bits per heavy atom. The Morgan fingerprint density at radius 3 is 1.51 bits per heavy atom. The molecule has 1 heterocycles. The van der Waals surface area contributed by atoms with Crippen molar-refractivity contribution in [2.75, 3.05) is 4.90 Å². The number of rotatable bonds is 7. The van der Waals surface area contributed by atoms with Crippen LogP contribution in [0.5, 0.6) is 0 Å². The number of aromatic nitrogens is 1. The second-order valence-corrected chi connectivity index (χ2v) is 15.0.